The molecule has 4 saturated carbocycles. The highest BCUT2D eigenvalue weighted by atomic mass is 32.2. The number of carbonyl (C=O) groups excluding carboxylic acids is 4. The first-order valence-electron chi connectivity index (χ1n) is 15.5. The number of alkyl halides is 3. The first kappa shape index (κ1) is 33.9. The third kappa shape index (κ3) is 4.31. The fourth-order valence-electron chi connectivity index (χ4n) is 10.5. The molecule has 45 heavy (non-hydrogen) atoms. The molecule has 7 atom stereocenters. The number of allylic oxidation sites excluding steroid dienone is 3. The summed E-state index contributed by atoms with van der Waals surface area (Å²) < 4.78 is 73.2. The third-order valence-corrected chi connectivity index (χ3v) is 14.1. The Hall–Kier alpha value is -2.50. The van der Waals surface area contributed by atoms with Crippen LogP contribution in [0, 0.1) is 50.2 Å². The highest BCUT2D eigenvalue weighted by Gasteiger charge is 2.72. The zero-order chi connectivity index (χ0) is 34.0. The molecular formula is C33H43F3O8S. The minimum atomic E-state index is -6.13. The van der Waals surface area contributed by atoms with Crippen LogP contribution in [0.3, 0.4) is 0 Å². The van der Waals surface area contributed by atoms with Crippen molar-refractivity contribution in [3.05, 3.63) is 23.5 Å². The molecule has 12 heteroatoms. The van der Waals surface area contributed by atoms with Crippen LogP contribution in [0.5, 0.6) is 0 Å². The predicted octanol–water partition coefficient (Wildman–Crippen LogP) is 6.25. The van der Waals surface area contributed by atoms with E-state index in [0.29, 0.717) is 44.1 Å². The van der Waals surface area contributed by atoms with Crippen molar-refractivity contribution in [2.75, 3.05) is 7.11 Å². The number of ether oxygens (including phenoxy) is 1. The number of hydrogen-bond donors (Lipinski definition) is 0. The van der Waals surface area contributed by atoms with Crippen molar-refractivity contribution < 1.29 is 49.7 Å². The summed E-state index contributed by atoms with van der Waals surface area (Å²) in [5, 5.41) is 0. The molecule has 5 aliphatic carbocycles. The van der Waals surface area contributed by atoms with Crippen LogP contribution in [0.2, 0.25) is 0 Å². The zero-order valence-electron chi connectivity index (χ0n) is 27.1. The van der Waals surface area contributed by atoms with Crippen LogP contribution in [0.15, 0.2) is 23.5 Å². The van der Waals surface area contributed by atoms with Crippen molar-refractivity contribution in [1.29, 1.82) is 0 Å². The van der Waals surface area contributed by atoms with Gasteiger partial charge in [0.2, 0.25) is 11.6 Å². The van der Waals surface area contributed by atoms with Gasteiger partial charge in [0.15, 0.2) is 5.78 Å². The zero-order valence-corrected chi connectivity index (χ0v) is 28.0. The summed E-state index contributed by atoms with van der Waals surface area (Å²) in [6.45, 7) is 13.1. The molecule has 8 nitrogen and oxygen atoms in total. The summed E-state index contributed by atoms with van der Waals surface area (Å²) in [4.78, 5) is 55.0. The third-order valence-electron chi connectivity index (χ3n) is 13.2. The maximum Gasteiger partial charge on any atom is 0.534 e. The van der Waals surface area contributed by atoms with Gasteiger partial charge in [0.1, 0.15) is 6.26 Å². The van der Waals surface area contributed by atoms with E-state index in [4.69, 9.17) is 4.74 Å². The highest BCUT2D eigenvalue weighted by molar-refractivity contribution is 7.87. The molecule has 0 heterocycles. The molecule has 250 valence electrons. The van der Waals surface area contributed by atoms with Crippen molar-refractivity contribution in [2.45, 2.75) is 98.9 Å². The van der Waals surface area contributed by atoms with E-state index < -0.39 is 71.7 Å². The largest absolute Gasteiger partial charge is 0.534 e. The standard InChI is InChI=1S/C33H43F3O8S/c1-27(2)11-13-32(26(40)43-8)14-12-30(6)23(18(32)16-27)20(37)15-22-29(30,5)10-9-21-28(3,4)25(39)24(38)19(31(21,22)7)17-44-45(41,42)33(34,35)36/h15,17-18,21,23H,9-14,16H2,1-8H3/b19-17+/t18?,21?,23?,29?,30-,31?,32?/m1/s1. The van der Waals surface area contributed by atoms with Crippen LogP contribution < -0.4 is 0 Å². The van der Waals surface area contributed by atoms with Crippen molar-refractivity contribution >= 4 is 33.4 Å². The lowest BCUT2D eigenvalue weighted by molar-refractivity contribution is -0.191. The Morgan fingerprint density at radius 1 is 0.956 bits per heavy atom. The first-order valence-corrected chi connectivity index (χ1v) is 16.9. The number of fused-ring (bicyclic) bond motifs is 7. The van der Waals surface area contributed by atoms with Crippen LogP contribution in [-0.2, 0) is 38.2 Å². The van der Waals surface area contributed by atoms with Gasteiger partial charge in [-0.3, -0.25) is 19.2 Å². The van der Waals surface area contributed by atoms with Gasteiger partial charge in [-0.15, -0.1) is 0 Å². The summed E-state index contributed by atoms with van der Waals surface area (Å²) in [6.07, 6.45) is 5.64. The van der Waals surface area contributed by atoms with Gasteiger partial charge < -0.3 is 8.92 Å². The second kappa shape index (κ2) is 9.76. The van der Waals surface area contributed by atoms with Gasteiger partial charge in [-0.05, 0) is 84.7 Å². The Morgan fingerprint density at radius 3 is 2.13 bits per heavy atom. The Morgan fingerprint density at radius 2 is 1.56 bits per heavy atom. The summed E-state index contributed by atoms with van der Waals surface area (Å²) in [5.74, 6) is -4.08. The fourth-order valence-corrected chi connectivity index (χ4v) is 10.8. The van der Waals surface area contributed by atoms with E-state index in [1.807, 2.05) is 13.8 Å². The summed E-state index contributed by atoms with van der Waals surface area (Å²) in [6, 6.07) is 0. The van der Waals surface area contributed by atoms with Crippen LogP contribution in [0.1, 0.15) is 93.4 Å². The smallest absolute Gasteiger partial charge is 0.469 e. The van der Waals surface area contributed by atoms with Crippen LogP contribution in [0.25, 0.3) is 0 Å². The number of ketones is 3. The van der Waals surface area contributed by atoms with Crippen molar-refractivity contribution in [3.8, 4) is 0 Å². The average molecular weight is 657 g/mol. The highest BCUT2D eigenvalue weighted by Crippen LogP contribution is 2.75. The summed E-state index contributed by atoms with van der Waals surface area (Å²) >= 11 is 0. The lowest BCUT2D eigenvalue weighted by atomic mass is 9.33. The molecule has 0 N–H and O–H groups in total. The lowest BCUT2D eigenvalue weighted by Crippen LogP contribution is -2.67. The van der Waals surface area contributed by atoms with Crippen LogP contribution in [0.4, 0.5) is 13.2 Å². The molecule has 0 aromatic carbocycles. The second-order valence-corrected chi connectivity index (χ2v) is 17.6. The van der Waals surface area contributed by atoms with E-state index in [9.17, 15) is 40.8 Å². The molecule has 5 aliphatic rings. The van der Waals surface area contributed by atoms with Crippen molar-refractivity contribution in [3.63, 3.8) is 0 Å². The molecule has 0 aromatic rings. The Balaban J connectivity index is 1.73. The Bertz CT molecular complexity index is 1550. The van der Waals surface area contributed by atoms with E-state index in [1.54, 1.807) is 20.8 Å². The monoisotopic (exact) mass is 656 g/mol. The van der Waals surface area contributed by atoms with Crippen LogP contribution >= 0.6 is 0 Å². The number of Topliss-reactive ketones (excluding diaryl/α,β-unsaturated/α-hetero) is 2. The van der Waals surface area contributed by atoms with Gasteiger partial charge in [0, 0.05) is 22.3 Å². The normalized spacial score (nSPS) is 41.7. The van der Waals surface area contributed by atoms with E-state index in [0.717, 1.165) is 6.42 Å². The first-order chi connectivity index (χ1) is 20.4. The van der Waals surface area contributed by atoms with Gasteiger partial charge in [-0.2, -0.15) is 21.6 Å². The molecule has 4 fully saturated rings. The fraction of sp³-hybridized carbons (Fsp3) is 0.758. The second-order valence-electron chi connectivity index (χ2n) is 16.0. The number of halogens is 3. The molecule has 0 aromatic heterocycles. The maximum atomic E-state index is 14.6. The Labute approximate surface area is 262 Å². The quantitative estimate of drug-likeness (QED) is 0.0874. The molecule has 5 rings (SSSR count). The summed E-state index contributed by atoms with van der Waals surface area (Å²) in [5.41, 5.74) is -11.0. The molecule has 6 unspecified atom stereocenters. The number of rotatable bonds is 3. The number of hydrogen-bond acceptors (Lipinski definition) is 8. The van der Waals surface area contributed by atoms with Crippen LogP contribution in [-0.4, -0.2) is 44.4 Å². The number of carbonyl (C=O) groups is 4. The maximum absolute atomic E-state index is 14.6. The molecule has 0 bridgehead atoms. The molecule has 0 saturated heterocycles. The van der Waals surface area contributed by atoms with Crippen molar-refractivity contribution in [2.24, 2.45) is 50.2 Å². The SMILES string of the molecule is COC(=O)C12CCC(C)(C)CC1C1C(=O)C=C3C4(C)/C(=C/OS(=O)(=O)C(F)(F)F)C(=O)C(=O)C(C)(C)C4CCC3(C)[C@]1(C)CC2. The van der Waals surface area contributed by atoms with E-state index in [2.05, 4.69) is 18.0 Å². The Kier molecular flexibility index (Phi) is 7.34. The molecular weight excluding hydrogens is 613 g/mol. The van der Waals surface area contributed by atoms with E-state index in [1.165, 1.54) is 13.2 Å². The van der Waals surface area contributed by atoms with E-state index in [-0.39, 0.29) is 29.3 Å². The minimum absolute atomic E-state index is 0.132. The summed E-state index contributed by atoms with van der Waals surface area (Å²) in [7, 11) is -4.76. The average Bonchev–Trinajstić information content (AvgIpc) is 2.91. The predicted molar refractivity (Wildman–Crippen MR) is 156 cm³/mol. The minimum Gasteiger partial charge on any atom is -0.469 e. The molecule has 0 amide bonds. The van der Waals surface area contributed by atoms with Gasteiger partial charge in [0.05, 0.1) is 12.5 Å². The topological polar surface area (TPSA) is 121 Å². The number of esters is 1. The molecule has 0 aliphatic heterocycles. The van der Waals surface area contributed by atoms with Crippen molar-refractivity contribution in [1.82, 2.24) is 0 Å². The molecule has 0 radical (unpaired) electrons. The number of methoxy groups -OCH3 is 1. The molecule has 0 spiro atoms. The van der Waals surface area contributed by atoms with Gasteiger partial charge in [0.25, 0.3) is 0 Å². The lowest BCUT2D eigenvalue weighted by Gasteiger charge is -2.69. The van der Waals surface area contributed by atoms with Gasteiger partial charge in [-0.25, -0.2) is 0 Å². The van der Waals surface area contributed by atoms with Gasteiger partial charge >= 0.3 is 21.6 Å². The van der Waals surface area contributed by atoms with Gasteiger partial charge in [-0.1, -0.05) is 48.5 Å². The van der Waals surface area contributed by atoms with E-state index >= 15 is 0 Å².